The summed E-state index contributed by atoms with van der Waals surface area (Å²) in [5.41, 5.74) is 0.263. The molecule has 0 spiro atoms. The lowest BCUT2D eigenvalue weighted by Gasteiger charge is -2.10. The highest BCUT2D eigenvalue weighted by atomic mass is 32.2. The minimum Gasteiger partial charge on any atom is -0.310 e. The summed E-state index contributed by atoms with van der Waals surface area (Å²) in [7, 11) is -2.02. The second-order valence-electron chi connectivity index (χ2n) is 6.82. The Labute approximate surface area is 159 Å². The van der Waals surface area contributed by atoms with E-state index in [0.29, 0.717) is 0 Å². The van der Waals surface area contributed by atoms with Gasteiger partial charge in [-0.2, -0.15) is 13.2 Å². The van der Waals surface area contributed by atoms with Gasteiger partial charge in [0, 0.05) is 24.9 Å². The second-order valence-corrected chi connectivity index (χ2v) is 9.07. The van der Waals surface area contributed by atoms with Crippen molar-refractivity contribution in [1.82, 2.24) is 19.5 Å². The van der Waals surface area contributed by atoms with Crippen LogP contribution in [-0.4, -0.2) is 33.7 Å². The van der Waals surface area contributed by atoms with Gasteiger partial charge in [0.2, 0.25) is 0 Å². The first-order chi connectivity index (χ1) is 13.1. The molecule has 0 saturated heterocycles. The Kier molecular flexibility index (Phi) is 4.22. The molecule has 4 rings (SSSR count). The molecule has 3 aromatic rings. The van der Waals surface area contributed by atoms with Crippen LogP contribution < -0.4 is 0 Å². The van der Waals surface area contributed by atoms with Gasteiger partial charge in [-0.05, 0) is 31.0 Å². The molecular formula is C18H17F3N4O2S. The average Bonchev–Trinajstić information content (AvgIpc) is 3.44. The van der Waals surface area contributed by atoms with E-state index in [2.05, 4.69) is 15.0 Å². The predicted molar refractivity (Wildman–Crippen MR) is 96.4 cm³/mol. The topological polar surface area (TPSA) is 77.7 Å². The van der Waals surface area contributed by atoms with E-state index in [-0.39, 0.29) is 39.2 Å². The quantitative estimate of drug-likeness (QED) is 0.655. The summed E-state index contributed by atoms with van der Waals surface area (Å²) in [4.78, 5) is 12.7. The third-order valence-corrected chi connectivity index (χ3v) is 6.60. The van der Waals surface area contributed by atoms with Gasteiger partial charge in [0.05, 0.1) is 16.2 Å². The molecule has 1 fully saturated rings. The Morgan fingerprint density at radius 1 is 1.21 bits per heavy atom. The number of aromatic nitrogens is 4. The molecule has 1 aliphatic rings. The van der Waals surface area contributed by atoms with Crippen LogP contribution in [0.15, 0.2) is 29.3 Å². The number of fused-ring (bicyclic) bond motifs is 1. The Hall–Kier alpha value is -2.49. The van der Waals surface area contributed by atoms with E-state index < -0.39 is 21.6 Å². The van der Waals surface area contributed by atoms with Crippen molar-refractivity contribution in [2.24, 2.45) is 7.05 Å². The van der Waals surface area contributed by atoms with Crippen LogP contribution in [0.3, 0.4) is 0 Å². The van der Waals surface area contributed by atoms with E-state index in [0.717, 1.165) is 30.8 Å². The number of rotatable bonds is 4. The first-order valence-corrected chi connectivity index (χ1v) is 10.4. The number of aryl methyl sites for hydroxylation is 1. The smallest absolute Gasteiger partial charge is 0.310 e. The van der Waals surface area contributed by atoms with Crippen LogP contribution in [0.1, 0.15) is 36.9 Å². The van der Waals surface area contributed by atoms with Crippen LogP contribution in [0.5, 0.6) is 0 Å². The van der Waals surface area contributed by atoms with Gasteiger partial charge in [0.25, 0.3) is 0 Å². The number of nitrogens with zero attached hydrogens (tertiary/aromatic N) is 4. The maximum Gasteiger partial charge on any atom is 0.417 e. The minimum atomic E-state index is -4.54. The predicted octanol–water partition coefficient (Wildman–Crippen LogP) is 3.72. The van der Waals surface area contributed by atoms with Crippen LogP contribution in [-0.2, 0) is 23.1 Å². The van der Waals surface area contributed by atoms with Crippen molar-refractivity contribution in [2.45, 2.75) is 36.8 Å². The highest BCUT2D eigenvalue weighted by Gasteiger charge is 2.33. The molecule has 0 aliphatic heterocycles. The Balaban J connectivity index is 1.96. The normalized spacial score (nSPS) is 15.3. The fourth-order valence-electron chi connectivity index (χ4n) is 3.08. The summed E-state index contributed by atoms with van der Waals surface area (Å²) in [6.07, 6.45) is -1.85. The molecule has 3 aromatic heterocycles. The molecule has 0 aromatic carbocycles. The van der Waals surface area contributed by atoms with Crippen molar-refractivity contribution in [3.8, 4) is 11.5 Å². The molecule has 6 nitrogen and oxygen atoms in total. The summed E-state index contributed by atoms with van der Waals surface area (Å²) in [5.74, 6) is 0.336. The van der Waals surface area contributed by atoms with Gasteiger partial charge in [-0.15, -0.1) is 0 Å². The second kappa shape index (κ2) is 6.26. The van der Waals surface area contributed by atoms with Crippen molar-refractivity contribution >= 4 is 21.0 Å². The van der Waals surface area contributed by atoms with Crippen molar-refractivity contribution < 1.29 is 21.6 Å². The number of pyridine rings is 2. The van der Waals surface area contributed by atoms with Crippen molar-refractivity contribution in [3.05, 3.63) is 35.7 Å². The van der Waals surface area contributed by atoms with Crippen molar-refractivity contribution in [2.75, 3.05) is 5.75 Å². The third kappa shape index (κ3) is 3.15. The molecular weight excluding hydrogens is 393 g/mol. The zero-order valence-corrected chi connectivity index (χ0v) is 16.0. The van der Waals surface area contributed by atoms with Crippen LogP contribution in [0, 0.1) is 0 Å². The summed E-state index contributed by atoms with van der Waals surface area (Å²) < 4.78 is 65.6. The fourth-order valence-corrected chi connectivity index (χ4v) is 4.10. The molecule has 0 atom stereocenters. The Morgan fingerprint density at radius 2 is 1.93 bits per heavy atom. The van der Waals surface area contributed by atoms with Crippen LogP contribution >= 0.6 is 0 Å². The highest BCUT2D eigenvalue weighted by molar-refractivity contribution is 7.91. The van der Waals surface area contributed by atoms with Crippen LogP contribution in [0.25, 0.3) is 22.7 Å². The van der Waals surface area contributed by atoms with Crippen LogP contribution in [0.2, 0.25) is 0 Å². The first kappa shape index (κ1) is 18.9. The molecule has 0 amide bonds. The zero-order valence-electron chi connectivity index (χ0n) is 15.2. The fraction of sp³-hybridized carbons (Fsp3) is 0.389. The van der Waals surface area contributed by atoms with Crippen molar-refractivity contribution in [1.29, 1.82) is 0 Å². The van der Waals surface area contributed by atoms with Gasteiger partial charge in [-0.3, -0.25) is 0 Å². The molecule has 1 saturated carbocycles. The Morgan fingerprint density at radius 3 is 2.54 bits per heavy atom. The zero-order chi connectivity index (χ0) is 20.3. The van der Waals surface area contributed by atoms with E-state index in [1.165, 1.54) is 17.6 Å². The molecule has 0 radical (unpaired) electrons. The Bertz CT molecular complexity index is 1180. The highest BCUT2D eigenvalue weighted by Crippen LogP contribution is 2.41. The monoisotopic (exact) mass is 410 g/mol. The lowest BCUT2D eigenvalue weighted by atomic mass is 10.2. The number of halogens is 3. The largest absolute Gasteiger partial charge is 0.417 e. The summed E-state index contributed by atoms with van der Waals surface area (Å²) >= 11 is 0. The number of alkyl halides is 3. The average molecular weight is 410 g/mol. The number of imidazole rings is 1. The molecule has 148 valence electrons. The van der Waals surface area contributed by atoms with E-state index >= 15 is 0 Å². The SMILES string of the molecule is CCS(=O)(=O)c1ccc(C2CC2)nc1-c1nc2cc(C(F)(F)F)cnc2n1C. The number of sulfone groups is 1. The number of hydrogen-bond donors (Lipinski definition) is 0. The van der Waals surface area contributed by atoms with Gasteiger partial charge < -0.3 is 4.57 Å². The summed E-state index contributed by atoms with van der Waals surface area (Å²) in [5, 5.41) is 0. The molecule has 0 N–H and O–H groups in total. The molecule has 28 heavy (non-hydrogen) atoms. The van der Waals surface area contributed by atoms with Gasteiger partial charge in [-0.25, -0.2) is 23.4 Å². The van der Waals surface area contributed by atoms with E-state index in [1.54, 1.807) is 13.1 Å². The minimum absolute atomic E-state index is 0.0221. The van der Waals surface area contributed by atoms with Crippen LogP contribution in [0.4, 0.5) is 13.2 Å². The summed E-state index contributed by atoms with van der Waals surface area (Å²) in [6.45, 7) is 1.53. The van der Waals surface area contributed by atoms with E-state index in [4.69, 9.17) is 0 Å². The molecule has 0 unspecified atom stereocenters. The summed E-state index contributed by atoms with van der Waals surface area (Å²) in [6, 6.07) is 4.12. The van der Waals surface area contributed by atoms with Gasteiger partial charge in [-0.1, -0.05) is 6.92 Å². The lowest BCUT2D eigenvalue weighted by Crippen LogP contribution is -2.09. The molecule has 1 aliphatic carbocycles. The number of hydrogen-bond acceptors (Lipinski definition) is 5. The molecule has 10 heteroatoms. The lowest BCUT2D eigenvalue weighted by molar-refractivity contribution is -0.137. The van der Waals surface area contributed by atoms with E-state index in [9.17, 15) is 21.6 Å². The third-order valence-electron chi connectivity index (χ3n) is 4.84. The first-order valence-electron chi connectivity index (χ1n) is 8.75. The van der Waals surface area contributed by atoms with Gasteiger partial charge in [0.15, 0.2) is 21.3 Å². The maximum absolute atomic E-state index is 13.0. The maximum atomic E-state index is 13.0. The standard InChI is InChI=1S/C18H17F3N4O2S/c1-3-28(26,27)14-7-6-12(10-4-5-10)23-15(14)17-24-13-8-11(18(19,20)21)9-22-16(13)25(17)2/h6-10H,3-5H2,1-2H3. The van der Waals surface area contributed by atoms with Gasteiger partial charge >= 0.3 is 6.18 Å². The molecule has 0 bridgehead atoms. The van der Waals surface area contributed by atoms with E-state index in [1.807, 2.05) is 0 Å². The van der Waals surface area contributed by atoms with Crippen molar-refractivity contribution in [3.63, 3.8) is 0 Å². The van der Waals surface area contributed by atoms with Gasteiger partial charge in [0.1, 0.15) is 11.2 Å². The molecule has 3 heterocycles.